The van der Waals surface area contributed by atoms with Crippen LogP contribution in [0.1, 0.15) is 17.9 Å². The number of nitrogens with zero attached hydrogens (tertiary/aromatic N) is 4. The summed E-state index contributed by atoms with van der Waals surface area (Å²) in [6, 6.07) is 10.1. The lowest BCUT2D eigenvalue weighted by Gasteiger charge is -2.17. The van der Waals surface area contributed by atoms with Gasteiger partial charge in [-0.3, -0.25) is 9.59 Å². The van der Waals surface area contributed by atoms with E-state index >= 15 is 0 Å². The number of carbonyl (C=O) groups excluding carboxylic acids is 1. The normalized spacial score (nSPS) is 17.3. The van der Waals surface area contributed by atoms with Crippen LogP contribution in [0.3, 0.4) is 0 Å². The summed E-state index contributed by atoms with van der Waals surface area (Å²) in [6.07, 6.45) is 3.96. The number of benzene rings is 1. The van der Waals surface area contributed by atoms with Crippen LogP contribution in [0.2, 0.25) is 0 Å². The average molecular weight is 340 g/mol. The molecule has 0 aliphatic carbocycles. The predicted octanol–water partition coefficient (Wildman–Crippen LogP) is 1.65. The molecule has 1 amide bonds. The Morgan fingerprint density at radius 1 is 1.24 bits per heavy atom. The van der Waals surface area contributed by atoms with E-state index in [1.807, 2.05) is 0 Å². The number of fused-ring (bicyclic) bond motifs is 1. The van der Waals surface area contributed by atoms with Crippen molar-refractivity contribution in [1.29, 1.82) is 0 Å². The zero-order valence-electron chi connectivity index (χ0n) is 13.5. The molecule has 0 radical (unpaired) electrons. The Morgan fingerprint density at radius 2 is 2.08 bits per heavy atom. The van der Waals surface area contributed by atoms with Crippen molar-refractivity contribution >= 4 is 11.4 Å². The second kappa shape index (κ2) is 6.16. The van der Waals surface area contributed by atoms with Crippen molar-refractivity contribution in [1.82, 2.24) is 19.1 Å². The molecule has 0 bridgehead atoms. The number of hydrogen-bond donors (Lipinski definition) is 0. The quantitative estimate of drug-likeness (QED) is 0.728. The van der Waals surface area contributed by atoms with E-state index in [4.69, 9.17) is 0 Å². The van der Waals surface area contributed by atoms with E-state index in [-0.39, 0.29) is 29.7 Å². The molecule has 1 aliphatic heterocycles. The number of halogens is 1. The Kier molecular flexibility index (Phi) is 3.83. The van der Waals surface area contributed by atoms with E-state index in [0.29, 0.717) is 30.6 Å². The molecule has 128 valence electrons. The Balaban J connectivity index is 1.49. The van der Waals surface area contributed by atoms with Gasteiger partial charge < -0.3 is 9.30 Å². The van der Waals surface area contributed by atoms with Crippen LogP contribution in [0.5, 0.6) is 0 Å². The summed E-state index contributed by atoms with van der Waals surface area (Å²) in [5, 5.41) is 4.04. The molecule has 2 aromatic heterocycles. The van der Waals surface area contributed by atoms with E-state index in [0.717, 1.165) is 0 Å². The molecule has 1 aromatic carbocycles. The van der Waals surface area contributed by atoms with Crippen LogP contribution in [0.4, 0.5) is 4.39 Å². The minimum Gasteiger partial charge on any atom is -0.340 e. The maximum atomic E-state index is 13.9. The van der Waals surface area contributed by atoms with Gasteiger partial charge in [-0.1, -0.05) is 18.2 Å². The number of amides is 1. The summed E-state index contributed by atoms with van der Waals surface area (Å²) in [5.41, 5.74) is 0.821. The number of aromatic nitrogens is 3. The SMILES string of the molecule is O=C(Cn1ncn2cccc2c1=O)N1CC[C@@H](c2ccccc2F)C1. The average Bonchev–Trinajstić information content (AvgIpc) is 3.27. The van der Waals surface area contributed by atoms with E-state index in [9.17, 15) is 14.0 Å². The highest BCUT2D eigenvalue weighted by Gasteiger charge is 2.29. The van der Waals surface area contributed by atoms with Crippen molar-refractivity contribution in [2.24, 2.45) is 0 Å². The van der Waals surface area contributed by atoms with Crippen molar-refractivity contribution in [2.75, 3.05) is 13.1 Å². The summed E-state index contributed by atoms with van der Waals surface area (Å²) in [7, 11) is 0. The Bertz CT molecular complexity index is 994. The summed E-state index contributed by atoms with van der Waals surface area (Å²) < 4.78 is 16.7. The first-order valence-corrected chi connectivity index (χ1v) is 8.18. The molecule has 7 heteroatoms. The summed E-state index contributed by atoms with van der Waals surface area (Å²) in [6.45, 7) is 0.909. The monoisotopic (exact) mass is 340 g/mol. The van der Waals surface area contributed by atoms with Gasteiger partial charge >= 0.3 is 0 Å². The van der Waals surface area contributed by atoms with Crippen LogP contribution in [-0.2, 0) is 11.3 Å². The smallest absolute Gasteiger partial charge is 0.291 e. The summed E-state index contributed by atoms with van der Waals surface area (Å²) >= 11 is 0. The van der Waals surface area contributed by atoms with Gasteiger partial charge in [0.1, 0.15) is 24.2 Å². The fourth-order valence-corrected chi connectivity index (χ4v) is 3.37. The van der Waals surface area contributed by atoms with E-state index in [2.05, 4.69) is 5.10 Å². The number of carbonyl (C=O) groups is 1. The lowest BCUT2D eigenvalue weighted by atomic mass is 9.98. The highest BCUT2D eigenvalue weighted by Crippen LogP contribution is 2.28. The Labute approximate surface area is 143 Å². The van der Waals surface area contributed by atoms with E-state index < -0.39 is 0 Å². The first-order chi connectivity index (χ1) is 12.1. The Hall–Kier alpha value is -2.96. The van der Waals surface area contributed by atoms with Gasteiger partial charge in [0.2, 0.25) is 5.91 Å². The molecular formula is C18H17FN4O2. The van der Waals surface area contributed by atoms with Gasteiger partial charge in [-0.15, -0.1) is 0 Å². The molecule has 1 saturated heterocycles. The minimum absolute atomic E-state index is 0.0112. The largest absolute Gasteiger partial charge is 0.340 e. The zero-order chi connectivity index (χ0) is 17.4. The lowest BCUT2D eigenvalue weighted by Crippen LogP contribution is -2.36. The van der Waals surface area contributed by atoms with Crippen LogP contribution in [0.25, 0.3) is 5.52 Å². The van der Waals surface area contributed by atoms with Gasteiger partial charge in [0.25, 0.3) is 5.56 Å². The molecule has 0 spiro atoms. The van der Waals surface area contributed by atoms with E-state index in [1.54, 1.807) is 45.8 Å². The highest BCUT2D eigenvalue weighted by atomic mass is 19.1. The maximum Gasteiger partial charge on any atom is 0.291 e. The van der Waals surface area contributed by atoms with Gasteiger partial charge in [0.15, 0.2) is 0 Å². The van der Waals surface area contributed by atoms with Gasteiger partial charge in [0, 0.05) is 25.2 Å². The van der Waals surface area contributed by atoms with Crippen molar-refractivity contribution in [2.45, 2.75) is 18.9 Å². The van der Waals surface area contributed by atoms with Crippen LogP contribution in [0, 0.1) is 5.82 Å². The zero-order valence-corrected chi connectivity index (χ0v) is 13.5. The second-order valence-electron chi connectivity index (χ2n) is 6.24. The first-order valence-electron chi connectivity index (χ1n) is 8.18. The first kappa shape index (κ1) is 15.6. The van der Waals surface area contributed by atoms with Crippen LogP contribution in [0.15, 0.2) is 53.7 Å². The third-order valence-corrected chi connectivity index (χ3v) is 4.72. The van der Waals surface area contributed by atoms with Crippen LogP contribution >= 0.6 is 0 Å². The molecule has 0 saturated carbocycles. The van der Waals surface area contributed by atoms with Gasteiger partial charge in [-0.25, -0.2) is 9.07 Å². The van der Waals surface area contributed by atoms with Crippen molar-refractivity contribution in [3.8, 4) is 0 Å². The number of rotatable bonds is 3. The molecule has 1 fully saturated rings. The molecule has 3 aromatic rings. The van der Waals surface area contributed by atoms with Gasteiger partial charge in [-0.2, -0.15) is 5.10 Å². The molecule has 1 aliphatic rings. The van der Waals surface area contributed by atoms with E-state index in [1.165, 1.54) is 17.1 Å². The predicted molar refractivity (Wildman–Crippen MR) is 89.8 cm³/mol. The van der Waals surface area contributed by atoms with Crippen molar-refractivity contribution in [3.63, 3.8) is 0 Å². The molecule has 0 unspecified atom stereocenters. The van der Waals surface area contributed by atoms with Crippen molar-refractivity contribution in [3.05, 3.63) is 70.7 Å². The maximum absolute atomic E-state index is 13.9. The molecule has 0 N–H and O–H groups in total. The second-order valence-corrected chi connectivity index (χ2v) is 6.24. The molecule has 6 nitrogen and oxygen atoms in total. The fourth-order valence-electron chi connectivity index (χ4n) is 3.37. The number of likely N-dealkylation sites (tertiary alicyclic amines) is 1. The molecule has 4 rings (SSSR count). The standard InChI is InChI=1S/C18H17FN4O2/c19-15-5-2-1-4-14(15)13-7-9-21(10-13)17(24)11-23-18(25)16-6-3-8-22(16)12-20-23/h1-6,8,12-13H,7,9-11H2/t13-/m1/s1. The summed E-state index contributed by atoms with van der Waals surface area (Å²) in [5.74, 6) is -0.425. The topological polar surface area (TPSA) is 59.6 Å². The minimum atomic E-state index is -0.300. The number of hydrogen-bond acceptors (Lipinski definition) is 3. The third-order valence-electron chi connectivity index (χ3n) is 4.72. The van der Waals surface area contributed by atoms with Gasteiger partial charge in [-0.05, 0) is 30.2 Å². The molecule has 3 heterocycles. The fraction of sp³-hybridized carbons (Fsp3) is 0.278. The molecule has 25 heavy (non-hydrogen) atoms. The van der Waals surface area contributed by atoms with Crippen molar-refractivity contribution < 1.29 is 9.18 Å². The van der Waals surface area contributed by atoms with Crippen LogP contribution in [-0.4, -0.2) is 38.1 Å². The van der Waals surface area contributed by atoms with Gasteiger partial charge in [0.05, 0.1) is 0 Å². The summed E-state index contributed by atoms with van der Waals surface area (Å²) in [4.78, 5) is 26.5. The third kappa shape index (κ3) is 2.82. The lowest BCUT2D eigenvalue weighted by molar-refractivity contribution is -0.131. The van der Waals surface area contributed by atoms with Crippen LogP contribution < -0.4 is 5.56 Å². The Morgan fingerprint density at radius 3 is 2.92 bits per heavy atom. The highest BCUT2D eigenvalue weighted by molar-refractivity contribution is 5.76. The molecular weight excluding hydrogens is 323 g/mol. The molecule has 1 atom stereocenters.